The minimum absolute atomic E-state index is 0.0265. The SMILES string of the molecule is CCCC(C)COc1cc(F)cc(CC(C)N)c1. The van der Waals surface area contributed by atoms with Gasteiger partial charge in [-0.05, 0) is 43.4 Å². The molecular weight excluding hydrogens is 229 g/mol. The molecule has 0 heterocycles. The molecule has 1 rings (SSSR count). The summed E-state index contributed by atoms with van der Waals surface area (Å²) < 4.78 is 19.1. The minimum Gasteiger partial charge on any atom is -0.493 e. The Morgan fingerprint density at radius 1 is 1.28 bits per heavy atom. The Morgan fingerprint density at radius 3 is 2.61 bits per heavy atom. The molecule has 0 saturated heterocycles. The summed E-state index contributed by atoms with van der Waals surface area (Å²) in [6.45, 7) is 6.84. The van der Waals surface area contributed by atoms with Crippen molar-refractivity contribution in [2.45, 2.75) is 46.1 Å². The highest BCUT2D eigenvalue weighted by Crippen LogP contribution is 2.19. The second-order valence-corrected chi connectivity index (χ2v) is 5.18. The van der Waals surface area contributed by atoms with Gasteiger partial charge in [-0.2, -0.15) is 0 Å². The number of ether oxygens (including phenoxy) is 1. The van der Waals surface area contributed by atoms with Gasteiger partial charge in [0.05, 0.1) is 6.61 Å². The van der Waals surface area contributed by atoms with E-state index in [9.17, 15) is 4.39 Å². The van der Waals surface area contributed by atoms with E-state index in [4.69, 9.17) is 10.5 Å². The normalized spacial score (nSPS) is 14.3. The van der Waals surface area contributed by atoms with Gasteiger partial charge in [-0.1, -0.05) is 20.3 Å². The third-order valence-electron chi connectivity index (χ3n) is 2.80. The van der Waals surface area contributed by atoms with Crippen LogP contribution in [0.25, 0.3) is 0 Å². The van der Waals surface area contributed by atoms with E-state index in [1.807, 2.05) is 13.0 Å². The molecule has 0 bridgehead atoms. The highest BCUT2D eigenvalue weighted by Gasteiger charge is 2.06. The average molecular weight is 253 g/mol. The van der Waals surface area contributed by atoms with Crippen molar-refractivity contribution in [1.29, 1.82) is 0 Å². The molecule has 0 aliphatic rings. The molecule has 0 radical (unpaired) electrons. The molecule has 2 N–H and O–H groups in total. The molecule has 0 amide bonds. The van der Waals surface area contributed by atoms with Crippen molar-refractivity contribution in [3.8, 4) is 5.75 Å². The van der Waals surface area contributed by atoms with E-state index in [1.54, 1.807) is 0 Å². The molecule has 0 fully saturated rings. The van der Waals surface area contributed by atoms with Gasteiger partial charge in [-0.15, -0.1) is 0 Å². The summed E-state index contributed by atoms with van der Waals surface area (Å²) in [6.07, 6.45) is 2.93. The number of benzene rings is 1. The molecule has 0 aromatic heterocycles. The first-order valence-electron chi connectivity index (χ1n) is 6.69. The van der Waals surface area contributed by atoms with Gasteiger partial charge in [0, 0.05) is 12.1 Å². The molecule has 1 aromatic rings. The molecule has 2 unspecified atom stereocenters. The van der Waals surface area contributed by atoms with E-state index in [1.165, 1.54) is 12.1 Å². The van der Waals surface area contributed by atoms with Crippen LogP contribution >= 0.6 is 0 Å². The highest BCUT2D eigenvalue weighted by molar-refractivity contribution is 5.30. The Hall–Kier alpha value is -1.09. The highest BCUT2D eigenvalue weighted by atomic mass is 19.1. The number of hydrogen-bond donors (Lipinski definition) is 1. The van der Waals surface area contributed by atoms with Gasteiger partial charge in [0.15, 0.2) is 0 Å². The molecule has 3 heteroatoms. The summed E-state index contributed by atoms with van der Waals surface area (Å²) in [4.78, 5) is 0. The Labute approximate surface area is 109 Å². The topological polar surface area (TPSA) is 35.2 Å². The monoisotopic (exact) mass is 253 g/mol. The van der Waals surface area contributed by atoms with E-state index >= 15 is 0 Å². The Kier molecular flexibility index (Phi) is 6.13. The molecule has 0 aliphatic heterocycles. The predicted octanol–water partition coefficient (Wildman–Crippen LogP) is 3.53. The van der Waals surface area contributed by atoms with Crippen LogP contribution in [0.2, 0.25) is 0 Å². The third-order valence-corrected chi connectivity index (χ3v) is 2.80. The Bertz CT molecular complexity index is 366. The summed E-state index contributed by atoms with van der Waals surface area (Å²) in [5.74, 6) is 0.843. The smallest absolute Gasteiger partial charge is 0.127 e. The molecule has 2 atom stereocenters. The fraction of sp³-hybridized carbons (Fsp3) is 0.600. The molecule has 2 nitrogen and oxygen atoms in total. The summed E-state index contributed by atoms with van der Waals surface area (Å²) in [7, 11) is 0. The van der Waals surface area contributed by atoms with E-state index in [0.717, 1.165) is 18.4 Å². The average Bonchev–Trinajstić information content (AvgIpc) is 2.25. The zero-order valence-corrected chi connectivity index (χ0v) is 11.6. The van der Waals surface area contributed by atoms with E-state index in [-0.39, 0.29) is 11.9 Å². The molecule has 0 spiro atoms. The second kappa shape index (κ2) is 7.37. The summed E-state index contributed by atoms with van der Waals surface area (Å²) in [6, 6.07) is 4.86. The number of nitrogens with two attached hydrogens (primary N) is 1. The second-order valence-electron chi connectivity index (χ2n) is 5.18. The van der Waals surface area contributed by atoms with Gasteiger partial charge in [0.1, 0.15) is 11.6 Å². The predicted molar refractivity (Wildman–Crippen MR) is 73.3 cm³/mol. The molecule has 0 saturated carbocycles. The summed E-state index contributed by atoms with van der Waals surface area (Å²) in [5.41, 5.74) is 6.61. The van der Waals surface area contributed by atoms with Crippen molar-refractivity contribution in [3.05, 3.63) is 29.6 Å². The lowest BCUT2D eigenvalue weighted by atomic mass is 10.1. The first-order valence-corrected chi connectivity index (χ1v) is 6.69. The van der Waals surface area contributed by atoms with Crippen molar-refractivity contribution < 1.29 is 9.13 Å². The first-order chi connectivity index (χ1) is 8.51. The van der Waals surface area contributed by atoms with Crippen LogP contribution in [0.4, 0.5) is 4.39 Å². The molecule has 102 valence electrons. The van der Waals surface area contributed by atoms with Gasteiger partial charge in [-0.25, -0.2) is 4.39 Å². The van der Waals surface area contributed by atoms with Crippen molar-refractivity contribution >= 4 is 0 Å². The Morgan fingerprint density at radius 2 is 2.00 bits per heavy atom. The van der Waals surface area contributed by atoms with Crippen molar-refractivity contribution in [2.24, 2.45) is 11.7 Å². The quantitative estimate of drug-likeness (QED) is 0.806. The lowest BCUT2D eigenvalue weighted by Gasteiger charge is -2.13. The number of hydrogen-bond acceptors (Lipinski definition) is 2. The van der Waals surface area contributed by atoms with Gasteiger partial charge >= 0.3 is 0 Å². The van der Waals surface area contributed by atoms with Crippen LogP contribution in [-0.4, -0.2) is 12.6 Å². The van der Waals surface area contributed by atoms with Crippen molar-refractivity contribution in [3.63, 3.8) is 0 Å². The van der Waals surface area contributed by atoms with Crippen LogP contribution in [0.1, 0.15) is 39.2 Å². The molecular formula is C15H24FNO. The van der Waals surface area contributed by atoms with E-state index in [2.05, 4.69) is 13.8 Å². The van der Waals surface area contributed by atoms with Crippen LogP contribution in [0, 0.1) is 11.7 Å². The zero-order valence-electron chi connectivity index (χ0n) is 11.6. The molecule has 1 aromatic carbocycles. The van der Waals surface area contributed by atoms with Gasteiger partial charge in [0.25, 0.3) is 0 Å². The minimum atomic E-state index is -0.258. The lowest BCUT2D eigenvalue weighted by molar-refractivity contribution is 0.250. The largest absolute Gasteiger partial charge is 0.493 e. The van der Waals surface area contributed by atoms with Crippen LogP contribution in [0.5, 0.6) is 5.75 Å². The summed E-state index contributed by atoms with van der Waals surface area (Å²) in [5, 5.41) is 0. The van der Waals surface area contributed by atoms with Crippen LogP contribution in [0.3, 0.4) is 0 Å². The van der Waals surface area contributed by atoms with Crippen LogP contribution in [0.15, 0.2) is 18.2 Å². The molecule has 18 heavy (non-hydrogen) atoms. The van der Waals surface area contributed by atoms with Gasteiger partial charge in [0.2, 0.25) is 0 Å². The van der Waals surface area contributed by atoms with E-state index in [0.29, 0.717) is 24.7 Å². The maximum atomic E-state index is 13.4. The number of halogens is 1. The fourth-order valence-electron chi connectivity index (χ4n) is 2.01. The third kappa shape index (κ3) is 5.50. The Balaban J connectivity index is 2.62. The van der Waals surface area contributed by atoms with Crippen molar-refractivity contribution in [1.82, 2.24) is 0 Å². The van der Waals surface area contributed by atoms with Crippen LogP contribution in [-0.2, 0) is 6.42 Å². The summed E-state index contributed by atoms with van der Waals surface area (Å²) >= 11 is 0. The maximum absolute atomic E-state index is 13.4. The van der Waals surface area contributed by atoms with Gasteiger partial charge in [-0.3, -0.25) is 0 Å². The van der Waals surface area contributed by atoms with Crippen molar-refractivity contribution in [2.75, 3.05) is 6.61 Å². The van der Waals surface area contributed by atoms with E-state index < -0.39 is 0 Å². The zero-order chi connectivity index (χ0) is 13.5. The first kappa shape index (κ1) is 15.0. The standard InChI is InChI=1S/C15H24FNO/c1-4-5-11(2)10-18-15-8-13(6-12(3)17)7-14(16)9-15/h7-9,11-12H,4-6,10,17H2,1-3H3. The number of rotatable bonds is 7. The maximum Gasteiger partial charge on any atom is 0.127 e. The molecule has 0 aliphatic carbocycles. The lowest BCUT2D eigenvalue weighted by Crippen LogP contribution is -2.18. The van der Waals surface area contributed by atoms with Crippen LogP contribution < -0.4 is 10.5 Å². The fourth-order valence-corrected chi connectivity index (χ4v) is 2.01. The van der Waals surface area contributed by atoms with Gasteiger partial charge < -0.3 is 10.5 Å².